The van der Waals surface area contributed by atoms with Crippen LogP contribution in [0.1, 0.15) is 31.7 Å². The molecule has 0 aromatic heterocycles. The molecule has 1 N–H and O–H groups in total. The number of rotatable bonds is 6. The van der Waals surface area contributed by atoms with E-state index >= 15 is 0 Å². The Balaban J connectivity index is 1.81. The fraction of sp³-hybridized carbons (Fsp3) is 0.667. The number of nitrogens with zero attached hydrogens (tertiary/aromatic N) is 2. The highest BCUT2D eigenvalue weighted by atomic mass is 35.5. The molecule has 0 saturated carbocycles. The van der Waals surface area contributed by atoms with Crippen molar-refractivity contribution in [2.24, 2.45) is 10.9 Å². The minimum atomic E-state index is -0.127. The van der Waals surface area contributed by atoms with Gasteiger partial charge in [-0.15, -0.1) is 0 Å². The third kappa shape index (κ3) is 5.32. The topological polar surface area (TPSA) is 46.1 Å². The van der Waals surface area contributed by atoms with Gasteiger partial charge in [0.15, 0.2) is 5.96 Å². The van der Waals surface area contributed by atoms with Gasteiger partial charge in [-0.3, -0.25) is 4.99 Å². The number of benzene rings is 1. The maximum Gasteiger partial charge on any atom is 0.193 e. The zero-order valence-corrected chi connectivity index (χ0v) is 18.4. The van der Waals surface area contributed by atoms with E-state index in [0.717, 1.165) is 70.3 Å². The summed E-state index contributed by atoms with van der Waals surface area (Å²) in [7, 11) is 2.10. The van der Waals surface area contributed by atoms with Gasteiger partial charge >= 0.3 is 0 Å². The first kappa shape index (κ1) is 21.7. The highest BCUT2D eigenvalue weighted by Gasteiger charge is 2.36. The van der Waals surface area contributed by atoms with E-state index in [1.807, 2.05) is 12.1 Å². The van der Waals surface area contributed by atoms with Crippen LogP contribution in [0.2, 0.25) is 10.0 Å². The number of aliphatic imine (C=N–C) groups is 1. The van der Waals surface area contributed by atoms with Crippen LogP contribution in [0, 0.1) is 5.92 Å². The molecule has 5 nitrogen and oxygen atoms in total. The van der Waals surface area contributed by atoms with Gasteiger partial charge in [-0.2, -0.15) is 0 Å². The first-order chi connectivity index (χ1) is 13.5. The second kappa shape index (κ2) is 10.1. The van der Waals surface area contributed by atoms with Crippen LogP contribution >= 0.6 is 23.2 Å². The summed E-state index contributed by atoms with van der Waals surface area (Å²) in [5, 5.41) is 4.81. The molecule has 2 fully saturated rings. The minimum Gasteiger partial charge on any atom is -0.381 e. The van der Waals surface area contributed by atoms with Gasteiger partial charge in [0, 0.05) is 61.3 Å². The van der Waals surface area contributed by atoms with Crippen LogP contribution in [0.3, 0.4) is 0 Å². The molecule has 0 bridgehead atoms. The van der Waals surface area contributed by atoms with E-state index < -0.39 is 0 Å². The number of nitrogens with one attached hydrogen (secondary N) is 1. The highest BCUT2D eigenvalue weighted by Crippen LogP contribution is 2.40. The summed E-state index contributed by atoms with van der Waals surface area (Å²) in [5.74, 6) is 1.50. The van der Waals surface area contributed by atoms with E-state index in [0.29, 0.717) is 22.5 Å². The fourth-order valence-electron chi connectivity index (χ4n) is 4.09. The van der Waals surface area contributed by atoms with Crippen molar-refractivity contribution in [3.63, 3.8) is 0 Å². The lowest BCUT2D eigenvalue weighted by atomic mass is 9.74. The molecule has 1 unspecified atom stereocenters. The number of guanidine groups is 1. The van der Waals surface area contributed by atoms with Crippen LogP contribution in [0.25, 0.3) is 0 Å². The van der Waals surface area contributed by atoms with Gasteiger partial charge < -0.3 is 19.7 Å². The number of ether oxygens (including phenoxy) is 2. The summed E-state index contributed by atoms with van der Waals surface area (Å²) in [6.07, 6.45) is 2.92. The lowest BCUT2D eigenvalue weighted by Crippen LogP contribution is -2.43. The Morgan fingerprint density at radius 1 is 1.25 bits per heavy atom. The predicted molar refractivity (Wildman–Crippen MR) is 116 cm³/mol. The average molecular weight is 428 g/mol. The van der Waals surface area contributed by atoms with Crippen LogP contribution in [-0.2, 0) is 14.9 Å². The van der Waals surface area contributed by atoms with Crippen molar-refractivity contribution in [1.82, 2.24) is 10.2 Å². The second-order valence-corrected chi connectivity index (χ2v) is 8.64. The van der Waals surface area contributed by atoms with Crippen molar-refractivity contribution >= 4 is 29.2 Å². The number of hydrogen-bond acceptors (Lipinski definition) is 3. The van der Waals surface area contributed by atoms with Crippen LogP contribution in [0.4, 0.5) is 0 Å². The van der Waals surface area contributed by atoms with Gasteiger partial charge in [0.05, 0.1) is 13.2 Å². The zero-order valence-electron chi connectivity index (χ0n) is 16.8. The third-order valence-corrected chi connectivity index (χ3v) is 6.28. The lowest BCUT2D eigenvalue weighted by molar-refractivity contribution is 0.0530. The molecule has 2 aliphatic rings. The van der Waals surface area contributed by atoms with Crippen molar-refractivity contribution in [2.75, 3.05) is 53.1 Å². The van der Waals surface area contributed by atoms with Crippen molar-refractivity contribution in [3.05, 3.63) is 33.8 Å². The van der Waals surface area contributed by atoms with Crippen molar-refractivity contribution in [1.29, 1.82) is 0 Å². The molecule has 1 atom stereocenters. The first-order valence-corrected chi connectivity index (χ1v) is 10.9. The predicted octanol–water partition coefficient (Wildman–Crippen LogP) is 3.98. The summed E-state index contributed by atoms with van der Waals surface area (Å²) in [5.41, 5.74) is 0.992. The van der Waals surface area contributed by atoms with Gasteiger partial charge in [0.1, 0.15) is 0 Å². The van der Waals surface area contributed by atoms with Gasteiger partial charge in [-0.05, 0) is 43.9 Å². The van der Waals surface area contributed by atoms with E-state index in [2.05, 4.69) is 30.3 Å². The summed E-state index contributed by atoms with van der Waals surface area (Å²) in [6.45, 7) is 7.70. The maximum atomic E-state index is 6.59. The van der Waals surface area contributed by atoms with Crippen molar-refractivity contribution < 1.29 is 9.47 Å². The quantitative estimate of drug-likeness (QED) is 0.550. The number of hydrogen-bond donors (Lipinski definition) is 1. The Morgan fingerprint density at radius 3 is 2.68 bits per heavy atom. The molecular weight excluding hydrogens is 397 g/mol. The monoisotopic (exact) mass is 427 g/mol. The van der Waals surface area contributed by atoms with Gasteiger partial charge in [0.2, 0.25) is 0 Å². The highest BCUT2D eigenvalue weighted by molar-refractivity contribution is 6.35. The van der Waals surface area contributed by atoms with Gasteiger partial charge in [-0.1, -0.05) is 29.3 Å². The zero-order chi connectivity index (χ0) is 20.0. The van der Waals surface area contributed by atoms with Crippen LogP contribution in [-0.4, -0.2) is 64.0 Å². The normalized spacial score (nSPS) is 22.3. The molecule has 0 spiro atoms. The molecule has 1 aromatic carbocycles. The van der Waals surface area contributed by atoms with Crippen molar-refractivity contribution in [2.45, 2.75) is 31.6 Å². The molecule has 3 rings (SSSR count). The Morgan fingerprint density at radius 2 is 2.04 bits per heavy atom. The Labute approximate surface area is 178 Å². The first-order valence-electron chi connectivity index (χ1n) is 10.1. The lowest BCUT2D eigenvalue weighted by Gasteiger charge is -2.37. The molecule has 0 radical (unpaired) electrons. The average Bonchev–Trinajstić information content (AvgIpc) is 3.18. The Hall–Kier alpha value is -1.01. The molecule has 0 aliphatic carbocycles. The maximum absolute atomic E-state index is 6.59. The molecule has 2 heterocycles. The Kier molecular flexibility index (Phi) is 7.86. The van der Waals surface area contributed by atoms with E-state index in [1.165, 1.54) is 0 Å². The SMILES string of the molecule is CCNC(=NCC1(c2ccc(Cl)cc2Cl)CCOCC1)N(C)CC1CCOC1. The van der Waals surface area contributed by atoms with Crippen molar-refractivity contribution in [3.8, 4) is 0 Å². The molecule has 7 heteroatoms. The summed E-state index contributed by atoms with van der Waals surface area (Å²) >= 11 is 12.7. The number of halogens is 2. The van der Waals surface area contributed by atoms with Crippen LogP contribution in [0.15, 0.2) is 23.2 Å². The molecule has 28 heavy (non-hydrogen) atoms. The Bertz CT molecular complexity index is 672. The largest absolute Gasteiger partial charge is 0.381 e. The third-order valence-electron chi connectivity index (χ3n) is 5.74. The van der Waals surface area contributed by atoms with Crippen LogP contribution in [0.5, 0.6) is 0 Å². The second-order valence-electron chi connectivity index (χ2n) is 7.80. The van der Waals surface area contributed by atoms with E-state index in [-0.39, 0.29) is 5.41 Å². The fourth-order valence-corrected chi connectivity index (χ4v) is 4.70. The van der Waals surface area contributed by atoms with E-state index in [4.69, 9.17) is 37.7 Å². The molecule has 1 aromatic rings. The molecule has 2 aliphatic heterocycles. The minimum absolute atomic E-state index is 0.127. The van der Waals surface area contributed by atoms with E-state index in [1.54, 1.807) is 0 Å². The van der Waals surface area contributed by atoms with Crippen LogP contribution < -0.4 is 5.32 Å². The smallest absolute Gasteiger partial charge is 0.193 e. The molecule has 2 saturated heterocycles. The molecule has 0 amide bonds. The summed E-state index contributed by atoms with van der Waals surface area (Å²) < 4.78 is 11.2. The molecule has 156 valence electrons. The summed E-state index contributed by atoms with van der Waals surface area (Å²) in [4.78, 5) is 7.26. The van der Waals surface area contributed by atoms with Gasteiger partial charge in [-0.25, -0.2) is 0 Å². The molecular formula is C21H31Cl2N3O2. The van der Waals surface area contributed by atoms with Gasteiger partial charge in [0.25, 0.3) is 0 Å². The standard InChI is InChI=1S/C21H31Cl2N3O2/c1-3-24-20(26(2)13-16-6-9-28-14-16)25-15-21(7-10-27-11-8-21)18-5-4-17(22)12-19(18)23/h4-5,12,16H,3,6-11,13-15H2,1-2H3,(H,24,25). The summed E-state index contributed by atoms with van der Waals surface area (Å²) in [6, 6.07) is 5.80. The van der Waals surface area contributed by atoms with E-state index in [9.17, 15) is 0 Å².